The van der Waals surface area contributed by atoms with Crippen molar-refractivity contribution in [2.45, 2.75) is 12.8 Å². The molecule has 0 saturated heterocycles. The quantitative estimate of drug-likeness (QED) is 0.375. The lowest BCUT2D eigenvalue weighted by Crippen LogP contribution is -2.08. The fraction of sp³-hybridized carbons (Fsp3) is 0.148. The van der Waals surface area contributed by atoms with Crippen LogP contribution in [0, 0.1) is 6.92 Å². The molecular formula is C27H24N4O. The van der Waals surface area contributed by atoms with E-state index in [4.69, 9.17) is 9.72 Å². The van der Waals surface area contributed by atoms with Crippen molar-refractivity contribution in [3.63, 3.8) is 0 Å². The summed E-state index contributed by atoms with van der Waals surface area (Å²) in [5.74, 6) is 0.683. The van der Waals surface area contributed by atoms with Crippen LogP contribution >= 0.6 is 0 Å². The Balaban J connectivity index is 1.74. The van der Waals surface area contributed by atoms with Crippen molar-refractivity contribution in [1.29, 1.82) is 0 Å². The van der Waals surface area contributed by atoms with Gasteiger partial charge in [0, 0.05) is 42.3 Å². The van der Waals surface area contributed by atoms with Gasteiger partial charge in [-0.3, -0.25) is 4.98 Å². The molecule has 0 aliphatic rings. The summed E-state index contributed by atoms with van der Waals surface area (Å²) in [6.07, 6.45) is 7.45. The van der Waals surface area contributed by atoms with Gasteiger partial charge in [-0.05, 0) is 53.4 Å². The number of hydrogen-bond donors (Lipinski definition) is 0. The van der Waals surface area contributed by atoms with Crippen molar-refractivity contribution in [1.82, 2.24) is 19.5 Å². The number of aromatic nitrogens is 4. The van der Waals surface area contributed by atoms with E-state index in [0.717, 1.165) is 33.3 Å². The van der Waals surface area contributed by atoms with Gasteiger partial charge in [0.2, 0.25) is 5.88 Å². The van der Waals surface area contributed by atoms with Crippen LogP contribution in [0.5, 0.6) is 5.88 Å². The Labute approximate surface area is 187 Å². The number of rotatable bonds is 5. The van der Waals surface area contributed by atoms with Crippen LogP contribution in [-0.2, 0) is 7.05 Å². The average Bonchev–Trinajstić information content (AvgIpc) is 3.26. The summed E-state index contributed by atoms with van der Waals surface area (Å²) in [4.78, 5) is 13.4. The molecule has 5 nitrogen and oxygen atoms in total. The van der Waals surface area contributed by atoms with Gasteiger partial charge in [-0.25, -0.2) is 9.97 Å². The normalized spacial score (nSPS) is 12.1. The topological polar surface area (TPSA) is 52.8 Å². The van der Waals surface area contributed by atoms with Crippen molar-refractivity contribution in [3.8, 4) is 17.0 Å². The summed E-state index contributed by atoms with van der Waals surface area (Å²) in [6.45, 7) is 2.14. The molecule has 0 radical (unpaired) electrons. The number of fused-ring (bicyclic) bond motifs is 1. The molecule has 0 spiro atoms. The second-order valence-corrected chi connectivity index (χ2v) is 7.91. The number of methoxy groups -OCH3 is 1. The first-order chi connectivity index (χ1) is 15.7. The van der Waals surface area contributed by atoms with Gasteiger partial charge < -0.3 is 9.30 Å². The number of ether oxygens (including phenoxy) is 1. The molecule has 0 fully saturated rings. The Morgan fingerprint density at radius 1 is 0.906 bits per heavy atom. The fourth-order valence-corrected chi connectivity index (χ4v) is 4.42. The van der Waals surface area contributed by atoms with Crippen LogP contribution in [0.2, 0.25) is 0 Å². The van der Waals surface area contributed by atoms with Gasteiger partial charge in [-0.2, -0.15) is 0 Å². The molecule has 5 rings (SSSR count). The van der Waals surface area contributed by atoms with Gasteiger partial charge in [0.25, 0.3) is 0 Å². The highest BCUT2D eigenvalue weighted by molar-refractivity contribution is 5.91. The molecule has 0 aliphatic carbocycles. The molecule has 32 heavy (non-hydrogen) atoms. The van der Waals surface area contributed by atoms with Gasteiger partial charge in [0.15, 0.2) is 0 Å². The predicted molar refractivity (Wildman–Crippen MR) is 127 cm³/mol. The third-order valence-corrected chi connectivity index (χ3v) is 6.01. The lowest BCUT2D eigenvalue weighted by molar-refractivity contribution is 0.401. The Hall–Kier alpha value is -3.99. The van der Waals surface area contributed by atoms with Crippen LogP contribution in [0.4, 0.5) is 0 Å². The van der Waals surface area contributed by atoms with E-state index in [1.807, 2.05) is 50.2 Å². The minimum Gasteiger partial charge on any atom is -0.481 e. The highest BCUT2D eigenvalue weighted by Crippen LogP contribution is 2.38. The van der Waals surface area contributed by atoms with E-state index in [-0.39, 0.29) is 5.92 Å². The van der Waals surface area contributed by atoms with Crippen molar-refractivity contribution < 1.29 is 4.74 Å². The molecule has 158 valence electrons. The monoisotopic (exact) mass is 420 g/mol. The van der Waals surface area contributed by atoms with E-state index in [9.17, 15) is 0 Å². The number of benzene rings is 2. The number of aryl methyl sites for hydroxylation is 2. The zero-order chi connectivity index (χ0) is 22.1. The molecule has 0 amide bonds. The highest BCUT2D eigenvalue weighted by atomic mass is 16.5. The Morgan fingerprint density at radius 2 is 1.69 bits per heavy atom. The third-order valence-electron chi connectivity index (χ3n) is 6.01. The maximum atomic E-state index is 5.68. The first-order valence-electron chi connectivity index (χ1n) is 10.6. The minimum atomic E-state index is 0.0385. The summed E-state index contributed by atoms with van der Waals surface area (Å²) in [7, 11) is 3.71. The Bertz CT molecular complexity index is 1380. The van der Waals surface area contributed by atoms with Crippen LogP contribution < -0.4 is 4.74 Å². The van der Waals surface area contributed by atoms with Gasteiger partial charge >= 0.3 is 0 Å². The molecular weight excluding hydrogens is 396 g/mol. The Morgan fingerprint density at radius 3 is 2.38 bits per heavy atom. The van der Waals surface area contributed by atoms with E-state index >= 15 is 0 Å². The van der Waals surface area contributed by atoms with Crippen LogP contribution in [0.25, 0.3) is 22.0 Å². The SMILES string of the molecule is COc1nc2ccc(C(c3ccncc3)c3cncn3C)cc2c(C)c1-c1ccccc1. The summed E-state index contributed by atoms with van der Waals surface area (Å²) in [5, 5.41) is 1.11. The molecule has 3 heterocycles. The van der Waals surface area contributed by atoms with Crippen molar-refractivity contribution >= 4 is 10.9 Å². The van der Waals surface area contributed by atoms with Crippen LogP contribution in [0.3, 0.4) is 0 Å². The van der Waals surface area contributed by atoms with Crippen LogP contribution in [-0.4, -0.2) is 26.6 Å². The molecule has 1 atom stereocenters. The van der Waals surface area contributed by atoms with Crippen molar-refractivity contribution in [2.75, 3.05) is 7.11 Å². The molecule has 0 aliphatic heterocycles. The minimum absolute atomic E-state index is 0.0385. The van der Waals surface area contributed by atoms with E-state index in [1.165, 1.54) is 11.1 Å². The first-order valence-corrected chi connectivity index (χ1v) is 10.6. The molecule has 0 bridgehead atoms. The lowest BCUT2D eigenvalue weighted by atomic mass is 9.87. The van der Waals surface area contributed by atoms with E-state index in [0.29, 0.717) is 5.88 Å². The maximum absolute atomic E-state index is 5.68. The van der Waals surface area contributed by atoms with Crippen molar-refractivity contribution in [3.05, 3.63) is 108 Å². The summed E-state index contributed by atoms with van der Waals surface area (Å²) in [5.41, 5.74) is 7.67. The standard InChI is InChI=1S/C27H24N4O/c1-18-22-15-21(26(20-11-13-28-14-12-20)24-16-29-17-31(24)2)9-10-23(22)30-27(32-3)25(18)19-7-5-4-6-8-19/h4-17,26H,1-3H3. The first kappa shape index (κ1) is 19.9. The van der Waals surface area contributed by atoms with Crippen molar-refractivity contribution in [2.24, 2.45) is 7.05 Å². The fourth-order valence-electron chi connectivity index (χ4n) is 4.42. The van der Waals surface area contributed by atoms with E-state index in [2.05, 4.69) is 63.9 Å². The molecule has 1 unspecified atom stereocenters. The van der Waals surface area contributed by atoms with Gasteiger partial charge in [0.1, 0.15) is 0 Å². The van der Waals surface area contributed by atoms with Gasteiger partial charge in [0.05, 0.1) is 24.9 Å². The molecule has 5 heteroatoms. The highest BCUT2D eigenvalue weighted by Gasteiger charge is 2.22. The molecule has 5 aromatic rings. The van der Waals surface area contributed by atoms with E-state index in [1.54, 1.807) is 7.11 Å². The Kier molecular flexibility index (Phi) is 5.15. The molecule has 0 saturated carbocycles. The zero-order valence-corrected chi connectivity index (χ0v) is 18.4. The molecule has 3 aromatic heterocycles. The predicted octanol–water partition coefficient (Wildman–Crippen LogP) is 5.53. The molecule has 2 aromatic carbocycles. The zero-order valence-electron chi connectivity index (χ0n) is 18.4. The average molecular weight is 421 g/mol. The van der Waals surface area contributed by atoms with Crippen LogP contribution in [0.15, 0.2) is 85.6 Å². The summed E-state index contributed by atoms with van der Waals surface area (Å²) in [6, 6.07) is 20.9. The van der Waals surface area contributed by atoms with Gasteiger partial charge in [-0.15, -0.1) is 0 Å². The largest absolute Gasteiger partial charge is 0.481 e. The van der Waals surface area contributed by atoms with Crippen LogP contribution in [0.1, 0.15) is 28.3 Å². The summed E-state index contributed by atoms with van der Waals surface area (Å²) >= 11 is 0. The van der Waals surface area contributed by atoms with Gasteiger partial charge in [-0.1, -0.05) is 36.4 Å². The molecule has 0 N–H and O–H groups in total. The maximum Gasteiger partial charge on any atom is 0.221 e. The van der Waals surface area contributed by atoms with E-state index < -0.39 is 0 Å². The number of imidazole rings is 1. The third kappa shape index (κ3) is 3.42. The second-order valence-electron chi connectivity index (χ2n) is 7.91. The lowest BCUT2D eigenvalue weighted by Gasteiger charge is -2.20. The second kappa shape index (κ2) is 8.27. The smallest absolute Gasteiger partial charge is 0.221 e. The number of nitrogens with zero attached hydrogens (tertiary/aromatic N) is 4. The number of hydrogen-bond acceptors (Lipinski definition) is 4. The summed E-state index contributed by atoms with van der Waals surface area (Å²) < 4.78 is 7.75. The number of pyridine rings is 2.